The smallest absolute Gasteiger partial charge is 0.230 e. The third kappa shape index (κ3) is 4.00. The van der Waals surface area contributed by atoms with E-state index in [1.807, 2.05) is 0 Å². The highest BCUT2D eigenvalue weighted by atomic mass is 125. The van der Waals surface area contributed by atoms with Crippen LogP contribution in [0.3, 0.4) is 0 Å². The van der Waals surface area contributed by atoms with Crippen molar-refractivity contribution in [3.8, 4) is 0 Å². The van der Waals surface area contributed by atoms with Crippen molar-refractivity contribution >= 4 is 50.8 Å². The maximum Gasteiger partial charge on any atom is 0.230 e. The number of benzene rings is 2. The SMILES string of the molecule is [N-]=[N+]=Nc1ccc(NC(=O)[C@H]2[C@H]3C[C@H]4c5[nH]c6ccccc6c5CCN4C[C@H]3CC[C@@H]2O)cc1[125I]. The standard InChI is InChI=1S/C26H27IN6O2/c27-19-11-15(6-7-21(19)31-32-28)29-26(35)24-18-12-22-25-17(16-3-1-2-4-20(16)30-25)9-10-33(22)13-14(18)5-8-23(24)34/h1-4,6-7,11,14,18,22-24,30,34H,5,8-10,12-13H2,(H,29,35)/t14-,18+,22+,23+,24+/m1/s1/i27-2. The molecule has 9 heteroatoms. The molecule has 0 radical (unpaired) electrons. The highest BCUT2D eigenvalue weighted by Crippen LogP contribution is 2.49. The van der Waals surface area contributed by atoms with Crippen molar-refractivity contribution in [2.75, 3.05) is 18.4 Å². The number of hydrogen-bond donors (Lipinski definition) is 3. The second-order valence-corrected chi connectivity index (χ2v) is 11.2. The van der Waals surface area contributed by atoms with Gasteiger partial charge in [0.2, 0.25) is 5.91 Å². The molecule has 180 valence electrons. The number of fused-ring (bicyclic) bond motifs is 6. The van der Waals surface area contributed by atoms with Gasteiger partial charge in [-0.15, -0.1) is 0 Å². The van der Waals surface area contributed by atoms with Gasteiger partial charge in [0.1, 0.15) is 0 Å². The number of aliphatic hydroxyl groups is 1. The predicted molar refractivity (Wildman–Crippen MR) is 143 cm³/mol. The molecule has 2 aliphatic heterocycles. The number of rotatable bonds is 3. The summed E-state index contributed by atoms with van der Waals surface area (Å²) < 4.78 is 0.766. The van der Waals surface area contributed by atoms with E-state index in [2.05, 4.69) is 72.1 Å². The van der Waals surface area contributed by atoms with Crippen molar-refractivity contribution in [3.05, 3.63) is 67.7 Å². The first kappa shape index (κ1) is 22.8. The van der Waals surface area contributed by atoms with Crippen LogP contribution in [0.5, 0.6) is 0 Å². The summed E-state index contributed by atoms with van der Waals surface area (Å²) in [6, 6.07) is 14.0. The topological polar surface area (TPSA) is 117 Å². The normalized spacial score (nSPS) is 27.9. The van der Waals surface area contributed by atoms with Crippen LogP contribution in [0.15, 0.2) is 47.6 Å². The average molecular weight is 580 g/mol. The molecule has 0 spiro atoms. The Morgan fingerprint density at radius 2 is 2.11 bits per heavy atom. The number of azide groups is 1. The number of aromatic nitrogens is 1. The molecule has 3 heterocycles. The van der Waals surface area contributed by atoms with Gasteiger partial charge < -0.3 is 15.4 Å². The molecule has 3 aliphatic rings. The summed E-state index contributed by atoms with van der Waals surface area (Å²) in [5, 5.41) is 19.0. The Labute approximate surface area is 216 Å². The summed E-state index contributed by atoms with van der Waals surface area (Å²) in [5.74, 6) is -0.0384. The Bertz CT molecular complexity index is 1350. The third-order valence-corrected chi connectivity index (χ3v) is 9.08. The zero-order valence-electron chi connectivity index (χ0n) is 19.2. The molecule has 35 heavy (non-hydrogen) atoms. The Balaban J connectivity index is 1.28. The van der Waals surface area contributed by atoms with Gasteiger partial charge in [0.15, 0.2) is 0 Å². The van der Waals surface area contributed by atoms with E-state index in [1.54, 1.807) is 18.2 Å². The first-order valence-electron chi connectivity index (χ1n) is 12.2. The largest absolute Gasteiger partial charge is 0.392 e. The molecule has 6 rings (SSSR count). The monoisotopic (exact) mass is 580 g/mol. The zero-order chi connectivity index (χ0) is 24.1. The number of piperidine rings is 1. The van der Waals surface area contributed by atoms with Crippen LogP contribution in [0.25, 0.3) is 21.3 Å². The zero-order valence-corrected chi connectivity index (χ0v) is 21.4. The average Bonchev–Trinajstić information content (AvgIpc) is 3.24. The highest BCUT2D eigenvalue weighted by Gasteiger charge is 2.49. The number of H-pyrrole nitrogens is 1. The Hall–Kier alpha value is -2.59. The van der Waals surface area contributed by atoms with Crippen molar-refractivity contribution in [3.63, 3.8) is 0 Å². The minimum atomic E-state index is -0.643. The van der Waals surface area contributed by atoms with E-state index in [9.17, 15) is 9.90 Å². The lowest BCUT2D eigenvalue weighted by molar-refractivity contribution is -0.134. The summed E-state index contributed by atoms with van der Waals surface area (Å²) in [4.78, 5) is 22.6. The van der Waals surface area contributed by atoms with E-state index in [-0.39, 0.29) is 17.9 Å². The fraction of sp³-hybridized carbons (Fsp3) is 0.423. The van der Waals surface area contributed by atoms with Crippen molar-refractivity contribution in [1.82, 2.24) is 9.88 Å². The Kier molecular flexibility index (Phi) is 5.96. The van der Waals surface area contributed by atoms with Gasteiger partial charge in [-0.2, -0.15) is 0 Å². The van der Waals surface area contributed by atoms with Crippen LogP contribution in [0.2, 0.25) is 0 Å². The van der Waals surface area contributed by atoms with Crippen molar-refractivity contribution in [1.29, 1.82) is 0 Å². The highest BCUT2D eigenvalue weighted by molar-refractivity contribution is 14.1. The minimum Gasteiger partial charge on any atom is -0.392 e. The molecule has 1 aliphatic carbocycles. The van der Waals surface area contributed by atoms with Crippen LogP contribution in [0.1, 0.15) is 36.6 Å². The molecule has 8 nitrogen and oxygen atoms in total. The Morgan fingerprint density at radius 1 is 1.26 bits per heavy atom. The minimum absolute atomic E-state index is 0.124. The number of aromatic amines is 1. The molecule has 3 N–H and O–H groups in total. The summed E-state index contributed by atoms with van der Waals surface area (Å²) in [6.07, 6.45) is 2.88. The van der Waals surface area contributed by atoms with Crippen LogP contribution in [0.4, 0.5) is 11.4 Å². The number of anilines is 1. The van der Waals surface area contributed by atoms with Gasteiger partial charge in [0, 0.05) is 43.9 Å². The molecule has 1 saturated heterocycles. The van der Waals surface area contributed by atoms with E-state index < -0.39 is 12.0 Å². The number of amides is 1. The van der Waals surface area contributed by atoms with Gasteiger partial charge in [0.25, 0.3) is 0 Å². The van der Waals surface area contributed by atoms with Crippen LogP contribution < -0.4 is 5.32 Å². The molecule has 0 unspecified atom stereocenters. The Morgan fingerprint density at radius 3 is 2.94 bits per heavy atom. The number of carbonyl (C=O) groups is 1. The number of carbonyl (C=O) groups excluding carboxylic acids is 1. The maximum atomic E-state index is 13.5. The van der Waals surface area contributed by atoms with E-state index in [1.165, 1.54) is 22.2 Å². The molecule has 2 aromatic carbocycles. The van der Waals surface area contributed by atoms with Gasteiger partial charge >= 0.3 is 0 Å². The van der Waals surface area contributed by atoms with Gasteiger partial charge in [0.05, 0.1) is 23.8 Å². The number of aliphatic hydroxyl groups excluding tert-OH is 1. The van der Waals surface area contributed by atoms with Crippen molar-refractivity contribution < 1.29 is 9.90 Å². The first-order chi connectivity index (χ1) is 17.0. The summed E-state index contributed by atoms with van der Waals surface area (Å²) >= 11 is 2.10. The van der Waals surface area contributed by atoms with E-state index in [0.29, 0.717) is 23.7 Å². The quantitative estimate of drug-likeness (QED) is 0.161. The van der Waals surface area contributed by atoms with Gasteiger partial charge in [-0.1, -0.05) is 23.3 Å². The van der Waals surface area contributed by atoms with E-state index in [4.69, 9.17) is 5.53 Å². The molecular formula is C26H27IN6O2. The molecule has 1 saturated carbocycles. The predicted octanol–water partition coefficient (Wildman–Crippen LogP) is 5.66. The molecule has 5 atom stereocenters. The van der Waals surface area contributed by atoms with E-state index >= 15 is 0 Å². The lowest BCUT2D eigenvalue weighted by atomic mass is 9.64. The van der Waals surface area contributed by atoms with Crippen LogP contribution >= 0.6 is 22.6 Å². The van der Waals surface area contributed by atoms with Crippen molar-refractivity contribution in [2.45, 2.75) is 37.8 Å². The van der Waals surface area contributed by atoms with Gasteiger partial charge in [-0.3, -0.25) is 9.69 Å². The molecular weight excluding hydrogens is 553 g/mol. The van der Waals surface area contributed by atoms with Crippen molar-refractivity contribution in [2.24, 2.45) is 22.9 Å². The lowest BCUT2D eigenvalue weighted by Gasteiger charge is -2.51. The fourth-order valence-electron chi connectivity index (χ4n) is 6.64. The second-order valence-electron chi connectivity index (χ2n) is 10.00. The number of halogens is 1. The van der Waals surface area contributed by atoms with Gasteiger partial charge in [-0.25, -0.2) is 0 Å². The van der Waals surface area contributed by atoms with Crippen LogP contribution in [0, 0.1) is 21.3 Å². The molecule has 1 aromatic heterocycles. The van der Waals surface area contributed by atoms with Gasteiger partial charge in [-0.05, 0) is 95.5 Å². The van der Waals surface area contributed by atoms with Crippen LogP contribution in [-0.4, -0.2) is 40.1 Å². The molecule has 1 amide bonds. The maximum absolute atomic E-state index is 13.5. The summed E-state index contributed by atoms with van der Waals surface area (Å²) in [6.45, 7) is 2.01. The second kappa shape index (κ2) is 9.13. The van der Waals surface area contributed by atoms with E-state index in [0.717, 1.165) is 35.9 Å². The molecule has 0 bridgehead atoms. The lowest BCUT2D eigenvalue weighted by Crippen LogP contribution is -2.54. The molecule has 2 fully saturated rings. The number of para-hydroxylation sites is 1. The first-order valence-corrected chi connectivity index (χ1v) is 13.3. The van der Waals surface area contributed by atoms with Crippen LogP contribution in [-0.2, 0) is 11.2 Å². The summed E-state index contributed by atoms with van der Waals surface area (Å²) in [7, 11) is 0. The number of hydrogen-bond acceptors (Lipinski definition) is 4. The number of nitrogens with zero attached hydrogens (tertiary/aromatic N) is 4. The molecule has 3 aromatic rings. The summed E-state index contributed by atoms with van der Waals surface area (Å²) in [5.41, 5.74) is 13.8. The number of nitrogens with one attached hydrogen (secondary N) is 2. The fourth-order valence-corrected chi connectivity index (χ4v) is 7.27. The third-order valence-electron chi connectivity index (χ3n) is 8.22.